The Morgan fingerprint density at radius 3 is 2.71 bits per heavy atom. The topological polar surface area (TPSA) is 41.6 Å². The molecule has 3 rings (SSSR count). The van der Waals surface area contributed by atoms with Gasteiger partial charge in [0.15, 0.2) is 0 Å². The highest BCUT2D eigenvalue weighted by molar-refractivity contribution is 5.82. The van der Waals surface area contributed by atoms with Crippen LogP contribution in [0.2, 0.25) is 0 Å². The van der Waals surface area contributed by atoms with Crippen molar-refractivity contribution in [3.63, 3.8) is 0 Å². The number of carbonyl (C=O) groups is 1. The van der Waals surface area contributed by atoms with E-state index in [9.17, 15) is 4.79 Å². The van der Waals surface area contributed by atoms with Gasteiger partial charge in [0.25, 0.3) is 0 Å². The molecule has 4 nitrogen and oxygen atoms in total. The van der Waals surface area contributed by atoms with Crippen molar-refractivity contribution in [1.29, 1.82) is 0 Å². The fourth-order valence-corrected chi connectivity index (χ4v) is 4.30. The third-order valence-corrected chi connectivity index (χ3v) is 5.75. The first-order valence-electron chi connectivity index (χ1n) is 8.83. The van der Waals surface area contributed by atoms with E-state index in [-0.39, 0.29) is 6.04 Å². The summed E-state index contributed by atoms with van der Waals surface area (Å²) in [5.74, 6) is 1.81. The molecule has 3 aliphatic rings. The monoisotopic (exact) mass is 294 g/mol. The minimum atomic E-state index is 0.0813. The number of nitrogens with zero attached hydrogens (tertiary/aromatic N) is 1. The van der Waals surface area contributed by atoms with Gasteiger partial charge in [-0.25, -0.2) is 0 Å². The molecule has 0 aromatic carbocycles. The number of amides is 1. The van der Waals surface area contributed by atoms with Crippen LogP contribution in [0.4, 0.5) is 0 Å². The normalized spacial score (nSPS) is 33.7. The van der Waals surface area contributed by atoms with Gasteiger partial charge in [-0.3, -0.25) is 4.79 Å². The Morgan fingerprint density at radius 1 is 1.19 bits per heavy atom. The van der Waals surface area contributed by atoms with E-state index in [0.29, 0.717) is 11.9 Å². The van der Waals surface area contributed by atoms with Crippen LogP contribution in [0.3, 0.4) is 0 Å². The zero-order valence-corrected chi connectivity index (χ0v) is 13.4. The second kappa shape index (κ2) is 7.10. The number of nitrogens with one attached hydrogen (secondary N) is 1. The average molecular weight is 294 g/mol. The largest absolute Gasteiger partial charge is 0.381 e. The summed E-state index contributed by atoms with van der Waals surface area (Å²) in [6, 6.07) is 0.689. The molecule has 1 saturated carbocycles. The molecule has 1 amide bonds. The van der Waals surface area contributed by atoms with Gasteiger partial charge < -0.3 is 15.0 Å². The lowest BCUT2D eigenvalue weighted by Gasteiger charge is -2.26. The van der Waals surface area contributed by atoms with Crippen LogP contribution >= 0.6 is 0 Å². The highest BCUT2D eigenvalue weighted by atomic mass is 16.5. The van der Waals surface area contributed by atoms with E-state index in [0.717, 1.165) is 57.3 Å². The summed E-state index contributed by atoms with van der Waals surface area (Å²) in [7, 11) is 1.98. The Balaban J connectivity index is 1.43. The predicted molar refractivity (Wildman–Crippen MR) is 83.1 cm³/mol. The molecule has 3 atom stereocenters. The van der Waals surface area contributed by atoms with Gasteiger partial charge in [-0.05, 0) is 50.4 Å². The number of hydrogen-bond acceptors (Lipinski definition) is 3. The maximum atomic E-state index is 12.6. The third-order valence-electron chi connectivity index (χ3n) is 5.75. The van der Waals surface area contributed by atoms with Crippen molar-refractivity contribution in [2.24, 2.45) is 11.8 Å². The molecule has 0 radical (unpaired) electrons. The van der Waals surface area contributed by atoms with Crippen molar-refractivity contribution in [3.8, 4) is 0 Å². The summed E-state index contributed by atoms with van der Waals surface area (Å²) in [4.78, 5) is 14.6. The van der Waals surface area contributed by atoms with Crippen molar-refractivity contribution in [2.75, 3.05) is 26.8 Å². The summed E-state index contributed by atoms with van der Waals surface area (Å²) < 4.78 is 5.40. The first-order chi connectivity index (χ1) is 10.2. The SMILES string of the molecule is CN(CCC1CCOCC1)C(=O)C1CC2CCCCC2N1. The lowest BCUT2D eigenvalue weighted by Crippen LogP contribution is -2.44. The lowest BCUT2D eigenvalue weighted by molar-refractivity contribution is -0.132. The van der Waals surface area contributed by atoms with Crippen LogP contribution in [0, 0.1) is 11.8 Å². The molecule has 1 N–H and O–H groups in total. The predicted octanol–water partition coefficient (Wildman–Crippen LogP) is 2.18. The van der Waals surface area contributed by atoms with Crippen LogP contribution in [-0.2, 0) is 9.53 Å². The maximum Gasteiger partial charge on any atom is 0.239 e. The van der Waals surface area contributed by atoms with Gasteiger partial charge in [0.05, 0.1) is 6.04 Å². The third kappa shape index (κ3) is 3.78. The molecule has 21 heavy (non-hydrogen) atoms. The van der Waals surface area contributed by atoms with Crippen LogP contribution in [0.25, 0.3) is 0 Å². The summed E-state index contributed by atoms with van der Waals surface area (Å²) in [5.41, 5.74) is 0. The van der Waals surface area contributed by atoms with Crippen LogP contribution in [0.15, 0.2) is 0 Å². The zero-order valence-electron chi connectivity index (χ0n) is 13.4. The molecule has 2 heterocycles. The van der Waals surface area contributed by atoms with E-state index in [4.69, 9.17) is 4.74 Å². The Hall–Kier alpha value is -0.610. The van der Waals surface area contributed by atoms with Crippen molar-refractivity contribution in [1.82, 2.24) is 10.2 Å². The van der Waals surface area contributed by atoms with E-state index in [2.05, 4.69) is 5.32 Å². The highest BCUT2D eigenvalue weighted by Crippen LogP contribution is 2.33. The van der Waals surface area contributed by atoms with Gasteiger partial charge in [-0.1, -0.05) is 12.8 Å². The first kappa shape index (κ1) is 15.3. The number of likely N-dealkylation sites (N-methyl/N-ethyl adjacent to an activating group) is 1. The Labute approximate surface area is 128 Å². The standard InChI is InChI=1S/C17H30N2O2/c1-19(9-6-13-7-10-21-11-8-13)17(20)16-12-14-4-2-3-5-15(14)18-16/h13-16,18H,2-12H2,1H3. The maximum absolute atomic E-state index is 12.6. The molecular formula is C17H30N2O2. The number of ether oxygens (including phenoxy) is 1. The van der Waals surface area contributed by atoms with Gasteiger partial charge in [0.1, 0.15) is 0 Å². The average Bonchev–Trinajstić information content (AvgIpc) is 2.97. The van der Waals surface area contributed by atoms with E-state index in [1.54, 1.807) is 0 Å². The van der Waals surface area contributed by atoms with E-state index < -0.39 is 0 Å². The van der Waals surface area contributed by atoms with Crippen molar-refractivity contribution < 1.29 is 9.53 Å². The summed E-state index contributed by atoms with van der Waals surface area (Å²) >= 11 is 0. The Morgan fingerprint density at radius 2 is 1.95 bits per heavy atom. The molecule has 120 valence electrons. The lowest BCUT2D eigenvalue weighted by atomic mass is 9.85. The smallest absolute Gasteiger partial charge is 0.239 e. The van der Waals surface area contributed by atoms with Crippen molar-refractivity contribution >= 4 is 5.91 Å². The fraction of sp³-hybridized carbons (Fsp3) is 0.941. The number of carbonyl (C=O) groups excluding carboxylic acids is 1. The Kier molecular flexibility index (Phi) is 5.17. The molecule has 3 unspecified atom stereocenters. The minimum absolute atomic E-state index is 0.0813. The summed E-state index contributed by atoms with van der Waals surface area (Å²) in [6.45, 7) is 2.70. The van der Waals surface area contributed by atoms with E-state index in [1.807, 2.05) is 11.9 Å². The number of fused-ring (bicyclic) bond motifs is 1. The van der Waals surface area contributed by atoms with E-state index in [1.165, 1.54) is 25.7 Å². The van der Waals surface area contributed by atoms with Gasteiger partial charge >= 0.3 is 0 Å². The summed E-state index contributed by atoms with van der Waals surface area (Å²) in [5, 5.41) is 3.60. The van der Waals surface area contributed by atoms with Crippen LogP contribution in [0.1, 0.15) is 51.4 Å². The second-order valence-electron chi connectivity index (χ2n) is 7.21. The van der Waals surface area contributed by atoms with Gasteiger partial charge in [0.2, 0.25) is 5.91 Å². The molecule has 0 aromatic rings. The molecule has 0 bridgehead atoms. The van der Waals surface area contributed by atoms with Gasteiger partial charge in [0, 0.05) is 32.8 Å². The Bertz CT molecular complexity index is 341. The molecule has 1 aliphatic carbocycles. The molecule has 0 spiro atoms. The number of rotatable bonds is 4. The first-order valence-corrected chi connectivity index (χ1v) is 8.83. The van der Waals surface area contributed by atoms with Gasteiger partial charge in [-0.15, -0.1) is 0 Å². The van der Waals surface area contributed by atoms with Crippen LogP contribution < -0.4 is 5.32 Å². The summed E-state index contributed by atoms with van der Waals surface area (Å²) in [6.07, 6.45) is 9.77. The second-order valence-corrected chi connectivity index (χ2v) is 7.21. The van der Waals surface area contributed by atoms with Crippen molar-refractivity contribution in [3.05, 3.63) is 0 Å². The van der Waals surface area contributed by atoms with Crippen LogP contribution in [-0.4, -0.2) is 49.7 Å². The van der Waals surface area contributed by atoms with Crippen molar-refractivity contribution in [2.45, 2.75) is 63.5 Å². The number of hydrogen-bond donors (Lipinski definition) is 1. The van der Waals surface area contributed by atoms with E-state index >= 15 is 0 Å². The molecule has 3 fully saturated rings. The molecule has 2 aliphatic heterocycles. The quantitative estimate of drug-likeness (QED) is 0.864. The zero-order chi connectivity index (χ0) is 14.7. The minimum Gasteiger partial charge on any atom is -0.381 e. The highest BCUT2D eigenvalue weighted by Gasteiger charge is 2.39. The molecular weight excluding hydrogens is 264 g/mol. The van der Waals surface area contributed by atoms with Gasteiger partial charge in [-0.2, -0.15) is 0 Å². The molecule has 0 aromatic heterocycles. The molecule has 4 heteroatoms. The fourth-order valence-electron chi connectivity index (χ4n) is 4.30. The van der Waals surface area contributed by atoms with Crippen LogP contribution in [0.5, 0.6) is 0 Å². The molecule has 2 saturated heterocycles.